The zero-order chi connectivity index (χ0) is 20.0. The van der Waals surface area contributed by atoms with E-state index >= 15 is 0 Å². The normalized spacial score (nSPS) is 18.8. The maximum Gasteiger partial charge on any atom is 0.446 e. The van der Waals surface area contributed by atoms with E-state index in [2.05, 4.69) is 12.1 Å². The van der Waals surface area contributed by atoms with Gasteiger partial charge in [0.05, 0.1) is 0 Å². The van der Waals surface area contributed by atoms with Crippen LogP contribution in [-0.2, 0) is 9.67 Å². The summed E-state index contributed by atoms with van der Waals surface area (Å²) >= 11 is 7.57. The molecule has 0 fully saturated rings. The molecule has 28 heavy (non-hydrogen) atoms. The van der Waals surface area contributed by atoms with Crippen molar-refractivity contribution in [2.24, 2.45) is 0 Å². The number of hydrogen-bond donors (Lipinski definition) is 0. The zero-order valence-corrected chi connectivity index (χ0v) is 18.0. The Hall–Kier alpha value is -1.50. The van der Waals surface area contributed by atoms with E-state index in [0.29, 0.717) is 17.5 Å². The first-order chi connectivity index (χ1) is 13.6. The molecule has 1 aliphatic heterocycles. The molecule has 2 aromatic rings. The topological polar surface area (TPSA) is 57.3 Å². The summed E-state index contributed by atoms with van der Waals surface area (Å²) in [6.45, 7) is 4.67. The van der Waals surface area contributed by atoms with Gasteiger partial charge in [0.25, 0.3) is 0 Å². The second kappa shape index (κ2) is 9.81. The highest BCUT2D eigenvalue weighted by Gasteiger charge is 2.44. The van der Waals surface area contributed by atoms with Crippen LogP contribution in [0.2, 0.25) is 5.02 Å². The van der Waals surface area contributed by atoms with E-state index in [-0.39, 0.29) is 0 Å². The predicted molar refractivity (Wildman–Crippen MR) is 114 cm³/mol. The fraction of sp³-hybridized carbons (Fsp3) is 0.524. The lowest BCUT2D eigenvalue weighted by atomic mass is 10.1. The SMILES string of the molecule is CCCCCCCCCOC1(c2ccc(Cl)cc2)SC=C(C)n2c1noc2=O. The van der Waals surface area contributed by atoms with Crippen molar-refractivity contribution in [3.63, 3.8) is 0 Å². The van der Waals surface area contributed by atoms with Crippen LogP contribution in [0, 0.1) is 0 Å². The third-order valence-electron chi connectivity index (χ3n) is 4.92. The third kappa shape index (κ3) is 4.56. The number of aromatic nitrogens is 2. The number of benzene rings is 1. The van der Waals surface area contributed by atoms with Crippen LogP contribution in [0.25, 0.3) is 5.70 Å². The maximum absolute atomic E-state index is 12.2. The first-order valence-corrected chi connectivity index (χ1v) is 11.2. The third-order valence-corrected chi connectivity index (χ3v) is 6.50. The van der Waals surface area contributed by atoms with Gasteiger partial charge in [0.2, 0.25) is 10.8 Å². The fourth-order valence-corrected chi connectivity index (χ4v) is 4.59. The quantitative estimate of drug-likeness (QED) is 0.438. The number of thioether (sulfide) groups is 1. The van der Waals surface area contributed by atoms with E-state index in [4.69, 9.17) is 20.9 Å². The molecule has 1 aliphatic rings. The maximum atomic E-state index is 12.2. The van der Waals surface area contributed by atoms with E-state index in [1.807, 2.05) is 36.6 Å². The van der Waals surface area contributed by atoms with Crippen molar-refractivity contribution in [2.45, 2.75) is 63.7 Å². The number of ether oxygens (including phenoxy) is 1. The van der Waals surface area contributed by atoms with Crippen LogP contribution < -0.4 is 5.76 Å². The molecule has 152 valence electrons. The highest BCUT2D eigenvalue weighted by atomic mass is 35.5. The summed E-state index contributed by atoms with van der Waals surface area (Å²) in [5.74, 6) is -0.0327. The van der Waals surface area contributed by atoms with E-state index in [1.54, 1.807) is 0 Å². The first-order valence-electron chi connectivity index (χ1n) is 9.92. The molecule has 0 amide bonds. The van der Waals surface area contributed by atoms with Crippen molar-refractivity contribution in [1.29, 1.82) is 0 Å². The molecule has 1 aromatic heterocycles. The Balaban J connectivity index is 1.76. The zero-order valence-electron chi connectivity index (χ0n) is 16.4. The number of rotatable bonds is 10. The number of allylic oxidation sites excluding steroid dienone is 1. The van der Waals surface area contributed by atoms with Crippen LogP contribution in [0.4, 0.5) is 0 Å². The second-order valence-corrected chi connectivity index (χ2v) is 8.56. The van der Waals surface area contributed by atoms with Gasteiger partial charge in [-0.15, -0.1) is 0 Å². The monoisotopic (exact) mass is 422 g/mol. The Bertz CT molecular complexity index is 859. The molecule has 5 nitrogen and oxygen atoms in total. The molecule has 2 heterocycles. The molecule has 0 radical (unpaired) electrons. The Morgan fingerprint density at radius 1 is 1.14 bits per heavy atom. The van der Waals surface area contributed by atoms with Gasteiger partial charge in [0, 0.05) is 22.9 Å². The first kappa shape index (κ1) is 21.2. The fourth-order valence-electron chi connectivity index (χ4n) is 3.37. The predicted octanol–water partition coefficient (Wildman–Crippen LogP) is 6.02. The molecule has 0 saturated carbocycles. The van der Waals surface area contributed by atoms with Gasteiger partial charge in [-0.2, -0.15) is 0 Å². The molecular formula is C21H27ClN2O3S. The van der Waals surface area contributed by atoms with E-state index in [9.17, 15) is 4.79 Å². The van der Waals surface area contributed by atoms with E-state index in [1.165, 1.54) is 48.4 Å². The highest BCUT2D eigenvalue weighted by molar-refractivity contribution is 8.03. The van der Waals surface area contributed by atoms with Crippen LogP contribution in [0.5, 0.6) is 0 Å². The van der Waals surface area contributed by atoms with Crippen LogP contribution in [0.1, 0.15) is 70.2 Å². The Morgan fingerprint density at radius 2 is 1.82 bits per heavy atom. The minimum Gasteiger partial charge on any atom is -0.352 e. The molecule has 1 atom stereocenters. The molecule has 1 unspecified atom stereocenters. The standard InChI is InChI=1S/C21H27ClN2O3S/c1-3-4-5-6-7-8-9-14-26-21(17-10-12-18(22)13-11-17)19-23-27-20(25)24(19)16(2)15-28-21/h10-13,15H,3-9,14H2,1-2H3. The average Bonchev–Trinajstić information content (AvgIpc) is 3.09. The number of unbranched alkanes of at least 4 members (excludes halogenated alkanes) is 6. The largest absolute Gasteiger partial charge is 0.446 e. The van der Waals surface area contributed by atoms with Gasteiger partial charge >= 0.3 is 5.76 Å². The van der Waals surface area contributed by atoms with Crippen LogP contribution in [-0.4, -0.2) is 16.3 Å². The Morgan fingerprint density at radius 3 is 2.54 bits per heavy atom. The molecule has 7 heteroatoms. The molecule has 0 bridgehead atoms. The van der Waals surface area contributed by atoms with E-state index in [0.717, 1.165) is 24.1 Å². The molecule has 1 aromatic carbocycles. The summed E-state index contributed by atoms with van der Waals surface area (Å²) in [5.41, 5.74) is 1.66. The molecule has 0 spiro atoms. The summed E-state index contributed by atoms with van der Waals surface area (Å²) in [5, 5.41) is 6.63. The molecule has 3 rings (SSSR count). The summed E-state index contributed by atoms with van der Waals surface area (Å²) in [6, 6.07) is 7.48. The lowest BCUT2D eigenvalue weighted by Crippen LogP contribution is -2.35. The number of fused-ring (bicyclic) bond motifs is 1. The van der Waals surface area contributed by atoms with Crippen LogP contribution in [0.15, 0.2) is 39.0 Å². The number of nitrogens with zero attached hydrogens (tertiary/aromatic N) is 2. The van der Waals surface area contributed by atoms with Gasteiger partial charge < -0.3 is 4.74 Å². The Kier molecular flexibility index (Phi) is 7.43. The minimum absolute atomic E-state index is 0.466. The van der Waals surface area contributed by atoms with Gasteiger partial charge in [-0.05, 0) is 30.9 Å². The van der Waals surface area contributed by atoms with Crippen LogP contribution in [0.3, 0.4) is 0 Å². The smallest absolute Gasteiger partial charge is 0.352 e. The van der Waals surface area contributed by atoms with Crippen molar-refractivity contribution in [2.75, 3.05) is 6.61 Å². The van der Waals surface area contributed by atoms with Crippen molar-refractivity contribution in [3.05, 3.63) is 56.6 Å². The van der Waals surface area contributed by atoms with Crippen molar-refractivity contribution >= 4 is 29.1 Å². The summed E-state index contributed by atoms with van der Waals surface area (Å²) in [7, 11) is 0. The lowest BCUT2D eigenvalue weighted by Gasteiger charge is -2.34. The highest BCUT2D eigenvalue weighted by Crippen LogP contribution is 2.47. The average molecular weight is 423 g/mol. The molecule has 0 saturated heterocycles. The molecule has 0 aliphatic carbocycles. The van der Waals surface area contributed by atoms with Gasteiger partial charge in [-0.1, -0.05) is 86.1 Å². The van der Waals surface area contributed by atoms with Gasteiger partial charge in [-0.25, -0.2) is 9.36 Å². The summed E-state index contributed by atoms with van der Waals surface area (Å²) in [6.07, 6.45) is 8.46. The summed E-state index contributed by atoms with van der Waals surface area (Å²) in [4.78, 5) is 11.2. The number of halogens is 1. The number of hydrogen-bond acceptors (Lipinski definition) is 5. The van der Waals surface area contributed by atoms with E-state index < -0.39 is 10.7 Å². The van der Waals surface area contributed by atoms with Gasteiger partial charge in [0.1, 0.15) is 0 Å². The summed E-state index contributed by atoms with van der Waals surface area (Å²) < 4.78 is 12.9. The lowest BCUT2D eigenvalue weighted by molar-refractivity contribution is 0.0408. The van der Waals surface area contributed by atoms with Crippen molar-refractivity contribution in [1.82, 2.24) is 9.72 Å². The Labute approximate surface area is 175 Å². The molecule has 0 N–H and O–H groups in total. The second-order valence-electron chi connectivity index (χ2n) is 7.08. The van der Waals surface area contributed by atoms with Gasteiger partial charge in [-0.3, -0.25) is 4.52 Å². The van der Waals surface area contributed by atoms with Crippen molar-refractivity contribution < 1.29 is 9.26 Å². The molecular weight excluding hydrogens is 396 g/mol. The van der Waals surface area contributed by atoms with Crippen molar-refractivity contribution in [3.8, 4) is 0 Å². The minimum atomic E-state index is -0.918. The van der Waals surface area contributed by atoms with Gasteiger partial charge in [0.15, 0.2) is 0 Å². The van der Waals surface area contributed by atoms with Crippen LogP contribution >= 0.6 is 23.4 Å².